The third-order valence-corrected chi connectivity index (χ3v) is 6.88. The number of hydrogen-bond acceptors (Lipinski definition) is 7. The largest absolute Gasteiger partial charge is 0.467 e. The molecule has 2 N–H and O–H groups in total. The predicted octanol–water partition coefficient (Wildman–Crippen LogP) is 3.88. The molecule has 0 radical (unpaired) electrons. The zero-order chi connectivity index (χ0) is 25.8. The summed E-state index contributed by atoms with van der Waals surface area (Å²) in [5.41, 5.74) is 3.26. The van der Waals surface area contributed by atoms with Crippen molar-refractivity contribution in [2.45, 2.75) is 32.4 Å². The quantitative estimate of drug-likeness (QED) is 0.472. The molecule has 37 heavy (non-hydrogen) atoms. The Morgan fingerprint density at radius 3 is 2.62 bits per heavy atom. The lowest BCUT2D eigenvalue weighted by atomic mass is 10.1. The van der Waals surface area contributed by atoms with Gasteiger partial charge in [0.15, 0.2) is 5.17 Å². The van der Waals surface area contributed by atoms with Gasteiger partial charge < -0.3 is 15.1 Å². The standard InChI is InChI=1S/C27H25N5O4S/c1-2-17-9-11-18(12-10-17)29-24(34)16-37-27-31-21-8-4-3-7-20(21)25-30-22(26(35)32(25)27)14-23(33)28-15-19-6-5-13-36-19/h3-13,22H,2,14-16H2,1H3,(H,28,33)(H,29,34). The maximum absolute atomic E-state index is 13.3. The fraction of sp³-hybridized carbons (Fsp3) is 0.222. The van der Waals surface area contributed by atoms with Gasteiger partial charge in [0.2, 0.25) is 11.8 Å². The topological polar surface area (TPSA) is 116 Å². The van der Waals surface area contributed by atoms with Crippen molar-refractivity contribution in [1.82, 2.24) is 10.2 Å². The van der Waals surface area contributed by atoms with Crippen molar-refractivity contribution in [2.75, 3.05) is 11.1 Å². The predicted molar refractivity (Wildman–Crippen MR) is 143 cm³/mol. The molecule has 9 nitrogen and oxygen atoms in total. The molecule has 10 heteroatoms. The van der Waals surface area contributed by atoms with Crippen LogP contribution in [0.25, 0.3) is 0 Å². The summed E-state index contributed by atoms with van der Waals surface area (Å²) in [5.74, 6) is 0.245. The number of thioether (sulfide) groups is 1. The summed E-state index contributed by atoms with van der Waals surface area (Å²) in [4.78, 5) is 49.1. The molecule has 1 atom stereocenters. The summed E-state index contributed by atoms with van der Waals surface area (Å²) in [6.07, 6.45) is 2.35. The second-order valence-corrected chi connectivity index (χ2v) is 9.44. The van der Waals surface area contributed by atoms with Crippen LogP contribution >= 0.6 is 11.8 Å². The first kappa shape index (κ1) is 24.5. The number of hydrogen-bond donors (Lipinski definition) is 2. The number of aryl methyl sites for hydroxylation is 1. The van der Waals surface area contributed by atoms with Gasteiger partial charge in [-0.1, -0.05) is 43.0 Å². The number of benzene rings is 2. The maximum Gasteiger partial charge on any atom is 0.259 e. The van der Waals surface area contributed by atoms with E-state index < -0.39 is 6.04 Å². The van der Waals surface area contributed by atoms with E-state index in [1.54, 1.807) is 12.1 Å². The molecule has 1 unspecified atom stereocenters. The first-order chi connectivity index (χ1) is 18.0. The fourth-order valence-corrected chi connectivity index (χ4v) is 4.83. The van der Waals surface area contributed by atoms with Crippen LogP contribution in [0.15, 0.2) is 81.3 Å². The third kappa shape index (κ3) is 5.49. The number of fused-ring (bicyclic) bond motifs is 3. The van der Waals surface area contributed by atoms with Crippen LogP contribution in [0.1, 0.15) is 30.2 Å². The number of anilines is 1. The lowest BCUT2D eigenvalue weighted by molar-refractivity contribution is -0.128. The van der Waals surface area contributed by atoms with E-state index in [-0.39, 0.29) is 36.4 Å². The summed E-state index contributed by atoms with van der Waals surface area (Å²) in [5, 5.41) is 5.99. The number of carbonyl (C=O) groups excluding carboxylic acids is 3. The van der Waals surface area contributed by atoms with Gasteiger partial charge in [0.1, 0.15) is 17.6 Å². The minimum Gasteiger partial charge on any atom is -0.467 e. The van der Waals surface area contributed by atoms with Gasteiger partial charge in [-0.2, -0.15) is 0 Å². The van der Waals surface area contributed by atoms with Gasteiger partial charge in [-0.3, -0.25) is 19.4 Å². The van der Waals surface area contributed by atoms with Gasteiger partial charge in [-0.05, 0) is 48.4 Å². The highest BCUT2D eigenvalue weighted by Gasteiger charge is 2.42. The van der Waals surface area contributed by atoms with Crippen LogP contribution in [0.2, 0.25) is 0 Å². The molecule has 0 bridgehead atoms. The van der Waals surface area contributed by atoms with Crippen LogP contribution in [-0.4, -0.2) is 45.4 Å². The van der Waals surface area contributed by atoms with Gasteiger partial charge in [0.25, 0.3) is 5.91 Å². The number of amides is 3. The van der Waals surface area contributed by atoms with Crippen LogP contribution in [0.5, 0.6) is 0 Å². The minimum absolute atomic E-state index is 0.0574. The highest BCUT2D eigenvalue weighted by molar-refractivity contribution is 8.14. The molecule has 0 saturated heterocycles. The second kappa shape index (κ2) is 10.8. The molecule has 3 heterocycles. The average Bonchev–Trinajstić information content (AvgIpc) is 3.55. The van der Waals surface area contributed by atoms with Crippen LogP contribution in [0.3, 0.4) is 0 Å². The Hall–Kier alpha value is -4.18. The fourth-order valence-electron chi connectivity index (χ4n) is 4.03. The Labute approximate surface area is 218 Å². The SMILES string of the molecule is CCc1ccc(NC(=O)CSC2=Nc3ccccc3C3=NC(CC(=O)NCc4ccco4)C(=O)N23)cc1. The monoisotopic (exact) mass is 515 g/mol. The van der Waals surface area contributed by atoms with Crippen LogP contribution < -0.4 is 10.6 Å². The molecule has 0 spiro atoms. The molecule has 0 aliphatic carbocycles. The van der Waals surface area contributed by atoms with Crippen molar-refractivity contribution in [3.63, 3.8) is 0 Å². The summed E-state index contributed by atoms with van der Waals surface area (Å²) in [6, 6.07) is 17.7. The molecule has 2 aliphatic heterocycles. The number of nitrogens with one attached hydrogen (secondary N) is 2. The third-order valence-electron chi connectivity index (χ3n) is 5.94. The molecule has 3 aromatic rings. The molecule has 3 amide bonds. The smallest absolute Gasteiger partial charge is 0.259 e. The number of nitrogens with zero attached hydrogens (tertiary/aromatic N) is 3. The zero-order valence-corrected chi connectivity index (χ0v) is 21.0. The molecule has 0 saturated carbocycles. The maximum atomic E-state index is 13.3. The van der Waals surface area contributed by atoms with E-state index in [0.29, 0.717) is 33.7 Å². The number of rotatable bonds is 8. The molecular weight excluding hydrogens is 490 g/mol. The van der Waals surface area contributed by atoms with E-state index in [1.807, 2.05) is 48.5 Å². The van der Waals surface area contributed by atoms with E-state index >= 15 is 0 Å². The zero-order valence-electron chi connectivity index (χ0n) is 20.1. The van der Waals surface area contributed by atoms with E-state index in [0.717, 1.165) is 18.2 Å². The first-order valence-electron chi connectivity index (χ1n) is 11.9. The molecular formula is C27H25N5O4S. The van der Waals surface area contributed by atoms with Gasteiger partial charge in [0, 0.05) is 11.3 Å². The second-order valence-electron chi connectivity index (χ2n) is 8.50. The lowest BCUT2D eigenvalue weighted by Gasteiger charge is -2.25. The van der Waals surface area contributed by atoms with Crippen molar-refractivity contribution in [2.24, 2.45) is 9.98 Å². The van der Waals surface area contributed by atoms with Crippen LogP contribution in [0.4, 0.5) is 11.4 Å². The van der Waals surface area contributed by atoms with Crippen LogP contribution in [-0.2, 0) is 27.3 Å². The molecule has 0 fully saturated rings. The van der Waals surface area contributed by atoms with Crippen molar-refractivity contribution >= 4 is 51.9 Å². The van der Waals surface area contributed by atoms with E-state index in [2.05, 4.69) is 27.5 Å². The number of carbonyl (C=O) groups is 3. The van der Waals surface area contributed by atoms with Gasteiger partial charge in [0.05, 0.1) is 30.7 Å². The van der Waals surface area contributed by atoms with E-state index in [9.17, 15) is 14.4 Å². The first-order valence-corrected chi connectivity index (χ1v) is 12.9. The van der Waals surface area contributed by atoms with Gasteiger partial charge in [-0.25, -0.2) is 9.89 Å². The van der Waals surface area contributed by atoms with Gasteiger partial charge >= 0.3 is 0 Å². The highest BCUT2D eigenvalue weighted by Crippen LogP contribution is 2.34. The summed E-state index contributed by atoms with van der Waals surface area (Å²) in [7, 11) is 0. The Kier molecular flexibility index (Phi) is 7.18. The summed E-state index contributed by atoms with van der Waals surface area (Å²) in [6.45, 7) is 2.30. The van der Waals surface area contributed by atoms with Crippen molar-refractivity contribution in [3.05, 3.63) is 83.8 Å². The number of para-hydroxylation sites is 1. The average molecular weight is 516 g/mol. The molecule has 1 aromatic heterocycles. The minimum atomic E-state index is -0.880. The molecule has 5 rings (SSSR count). The highest BCUT2D eigenvalue weighted by atomic mass is 32.2. The van der Waals surface area contributed by atoms with E-state index in [1.165, 1.54) is 16.7 Å². The van der Waals surface area contributed by atoms with Gasteiger partial charge in [-0.15, -0.1) is 0 Å². The Bertz CT molecular complexity index is 1380. The van der Waals surface area contributed by atoms with Crippen molar-refractivity contribution < 1.29 is 18.8 Å². The van der Waals surface area contributed by atoms with Crippen molar-refractivity contribution in [1.29, 1.82) is 0 Å². The summed E-state index contributed by atoms with van der Waals surface area (Å²) >= 11 is 1.15. The number of aliphatic imine (C=N–C) groups is 2. The lowest BCUT2D eigenvalue weighted by Crippen LogP contribution is -2.42. The molecule has 2 aliphatic rings. The Morgan fingerprint density at radius 2 is 1.86 bits per heavy atom. The molecule has 2 aromatic carbocycles. The number of furan rings is 1. The Morgan fingerprint density at radius 1 is 1.05 bits per heavy atom. The normalized spacial score (nSPS) is 16.0. The van der Waals surface area contributed by atoms with Crippen molar-refractivity contribution in [3.8, 4) is 0 Å². The van der Waals surface area contributed by atoms with E-state index in [4.69, 9.17) is 4.42 Å². The summed E-state index contributed by atoms with van der Waals surface area (Å²) < 4.78 is 5.23. The molecule has 188 valence electrons. The Balaban J connectivity index is 1.27. The van der Waals surface area contributed by atoms with Crippen LogP contribution in [0, 0.1) is 0 Å². The number of amidine groups is 2.